The van der Waals surface area contributed by atoms with Gasteiger partial charge >= 0.3 is 0 Å². The molecule has 2 fully saturated rings. The lowest BCUT2D eigenvalue weighted by atomic mass is 9.78. The molecule has 0 aliphatic carbocycles. The maximum atomic E-state index is 13.3. The Balaban J connectivity index is 1.49. The summed E-state index contributed by atoms with van der Waals surface area (Å²) in [5.41, 5.74) is 2.70. The molecular weight excluding hydrogens is 352 g/mol. The molecular formula is C22H26N4O2. The van der Waals surface area contributed by atoms with Crippen LogP contribution in [0, 0.1) is 19.3 Å². The second-order valence-corrected chi connectivity index (χ2v) is 8.02. The van der Waals surface area contributed by atoms with E-state index < -0.39 is 5.41 Å². The highest BCUT2D eigenvalue weighted by atomic mass is 16.2. The average Bonchev–Trinajstić information content (AvgIpc) is 2.97. The Labute approximate surface area is 165 Å². The summed E-state index contributed by atoms with van der Waals surface area (Å²) in [4.78, 5) is 38.8. The summed E-state index contributed by atoms with van der Waals surface area (Å²) in [6.45, 7) is 6.27. The summed E-state index contributed by atoms with van der Waals surface area (Å²) in [6.07, 6.45) is 2.48. The summed E-state index contributed by atoms with van der Waals surface area (Å²) in [5.74, 6) is 0.0832. The number of aryl methyl sites for hydroxylation is 2. The van der Waals surface area contributed by atoms with E-state index in [0.717, 1.165) is 42.9 Å². The first-order valence-electron chi connectivity index (χ1n) is 9.92. The fourth-order valence-corrected chi connectivity index (χ4v) is 4.43. The van der Waals surface area contributed by atoms with Crippen LogP contribution in [-0.2, 0) is 11.3 Å². The van der Waals surface area contributed by atoms with Gasteiger partial charge in [-0.25, -0.2) is 4.98 Å². The van der Waals surface area contributed by atoms with Crippen LogP contribution in [0.15, 0.2) is 36.4 Å². The molecule has 2 aromatic heterocycles. The first-order valence-corrected chi connectivity index (χ1v) is 9.92. The zero-order valence-electron chi connectivity index (χ0n) is 16.5. The number of likely N-dealkylation sites (tertiary alicyclic amines) is 2. The monoisotopic (exact) mass is 378 g/mol. The second-order valence-electron chi connectivity index (χ2n) is 8.02. The number of piperidine rings is 1. The van der Waals surface area contributed by atoms with Crippen LogP contribution < -0.4 is 0 Å². The molecule has 0 unspecified atom stereocenters. The number of amides is 2. The number of hydrogen-bond acceptors (Lipinski definition) is 4. The molecule has 1 spiro atoms. The summed E-state index contributed by atoms with van der Waals surface area (Å²) < 4.78 is 0. The second kappa shape index (κ2) is 7.34. The Morgan fingerprint density at radius 2 is 1.79 bits per heavy atom. The molecule has 2 saturated heterocycles. The minimum atomic E-state index is -0.457. The molecule has 146 valence electrons. The number of carbonyl (C=O) groups is 2. The van der Waals surface area contributed by atoms with Crippen LogP contribution in [0.5, 0.6) is 0 Å². The molecule has 4 rings (SSSR count). The third kappa shape index (κ3) is 3.51. The van der Waals surface area contributed by atoms with Gasteiger partial charge in [-0.2, -0.15) is 0 Å². The van der Waals surface area contributed by atoms with Gasteiger partial charge < -0.3 is 9.80 Å². The van der Waals surface area contributed by atoms with E-state index in [1.807, 2.05) is 54.0 Å². The highest BCUT2D eigenvalue weighted by Crippen LogP contribution is 2.40. The molecule has 2 amide bonds. The topological polar surface area (TPSA) is 66.4 Å². The fraction of sp³-hybridized carbons (Fsp3) is 0.455. The van der Waals surface area contributed by atoms with Gasteiger partial charge in [0, 0.05) is 31.0 Å². The quantitative estimate of drug-likeness (QED) is 0.824. The first kappa shape index (κ1) is 18.6. The van der Waals surface area contributed by atoms with E-state index in [9.17, 15) is 9.59 Å². The van der Waals surface area contributed by atoms with Gasteiger partial charge in [-0.15, -0.1) is 0 Å². The van der Waals surface area contributed by atoms with E-state index in [2.05, 4.69) is 9.97 Å². The molecule has 0 bridgehead atoms. The van der Waals surface area contributed by atoms with Crippen molar-refractivity contribution in [1.29, 1.82) is 0 Å². The first-order chi connectivity index (χ1) is 13.5. The van der Waals surface area contributed by atoms with Gasteiger partial charge in [0.2, 0.25) is 5.91 Å². The van der Waals surface area contributed by atoms with Crippen molar-refractivity contribution in [2.75, 3.05) is 19.6 Å². The van der Waals surface area contributed by atoms with Gasteiger partial charge in [-0.3, -0.25) is 14.6 Å². The number of carbonyl (C=O) groups excluding carboxylic acids is 2. The van der Waals surface area contributed by atoms with Crippen molar-refractivity contribution in [3.63, 3.8) is 0 Å². The Morgan fingerprint density at radius 1 is 1.04 bits per heavy atom. The molecule has 0 saturated carbocycles. The van der Waals surface area contributed by atoms with E-state index in [1.54, 1.807) is 6.07 Å². The van der Waals surface area contributed by atoms with E-state index in [-0.39, 0.29) is 11.8 Å². The van der Waals surface area contributed by atoms with Crippen molar-refractivity contribution in [1.82, 2.24) is 19.8 Å². The zero-order chi connectivity index (χ0) is 19.7. The lowest BCUT2D eigenvalue weighted by molar-refractivity contribution is -0.138. The van der Waals surface area contributed by atoms with Crippen molar-refractivity contribution in [2.24, 2.45) is 5.41 Å². The molecule has 28 heavy (non-hydrogen) atoms. The molecule has 2 aliphatic rings. The van der Waals surface area contributed by atoms with Gasteiger partial charge in [0.05, 0.1) is 17.7 Å². The normalized spacial score (nSPS) is 22.1. The van der Waals surface area contributed by atoms with Crippen LogP contribution in [-0.4, -0.2) is 51.2 Å². The Kier molecular flexibility index (Phi) is 4.87. The maximum absolute atomic E-state index is 13.3. The largest absolute Gasteiger partial charge is 0.336 e. The Hall–Kier alpha value is -2.76. The lowest BCUT2D eigenvalue weighted by Gasteiger charge is -2.39. The molecule has 4 heterocycles. The van der Waals surface area contributed by atoms with Gasteiger partial charge in [-0.1, -0.05) is 12.1 Å². The van der Waals surface area contributed by atoms with Crippen molar-refractivity contribution >= 4 is 11.8 Å². The highest BCUT2D eigenvalue weighted by molar-refractivity contribution is 5.93. The summed E-state index contributed by atoms with van der Waals surface area (Å²) in [6, 6.07) is 11.4. The summed E-state index contributed by atoms with van der Waals surface area (Å²) in [7, 11) is 0. The minimum absolute atomic E-state index is 0.0747. The van der Waals surface area contributed by atoms with Crippen LogP contribution in [0.25, 0.3) is 0 Å². The van der Waals surface area contributed by atoms with E-state index in [4.69, 9.17) is 0 Å². The molecule has 0 aromatic carbocycles. The molecule has 2 aromatic rings. The van der Waals surface area contributed by atoms with E-state index in [1.165, 1.54) is 0 Å². The third-order valence-corrected chi connectivity index (χ3v) is 5.87. The molecule has 0 radical (unpaired) electrons. The summed E-state index contributed by atoms with van der Waals surface area (Å²) >= 11 is 0. The predicted octanol–water partition coefficient (Wildman–Crippen LogP) is 2.75. The maximum Gasteiger partial charge on any atom is 0.272 e. The number of pyridine rings is 2. The van der Waals surface area contributed by atoms with Crippen molar-refractivity contribution in [3.05, 3.63) is 59.2 Å². The van der Waals surface area contributed by atoms with Crippen LogP contribution in [0.4, 0.5) is 0 Å². The minimum Gasteiger partial charge on any atom is -0.336 e. The van der Waals surface area contributed by atoms with Crippen LogP contribution in [0.3, 0.4) is 0 Å². The van der Waals surface area contributed by atoms with Crippen molar-refractivity contribution in [3.8, 4) is 0 Å². The van der Waals surface area contributed by atoms with Crippen LogP contribution in [0.1, 0.15) is 46.8 Å². The van der Waals surface area contributed by atoms with E-state index >= 15 is 0 Å². The average molecular weight is 378 g/mol. The number of hydrogen-bond donors (Lipinski definition) is 0. The van der Waals surface area contributed by atoms with Crippen molar-refractivity contribution in [2.45, 2.75) is 39.7 Å². The predicted molar refractivity (Wildman–Crippen MR) is 106 cm³/mol. The lowest BCUT2D eigenvalue weighted by Crippen LogP contribution is -2.50. The highest BCUT2D eigenvalue weighted by Gasteiger charge is 2.49. The molecule has 1 atom stereocenters. The van der Waals surface area contributed by atoms with Gasteiger partial charge in [-0.05, 0) is 57.4 Å². The number of nitrogens with zero attached hydrogens (tertiary/aromatic N) is 4. The van der Waals surface area contributed by atoms with E-state index in [0.29, 0.717) is 25.3 Å². The SMILES string of the molecule is Cc1cccc(CN2CC[C@@]3(CCCN(C(=O)c4cccc(C)n4)C3)C2=O)n1. The zero-order valence-corrected chi connectivity index (χ0v) is 16.5. The smallest absolute Gasteiger partial charge is 0.272 e. The van der Waals surface area contributed by atoms with Gasteiger partial charge in [0.1, 0.15) is 5.69 Å². The summed E-state index contributed by atoms with van der Waals surface area (Å²) in [5, 5.41) is 0. The fourth-order valence-electron chi connectivity index (χ4n) is 4.43. The number of rotatable bonds is 3. The molecule has 0 N–H and O–H groups in total. The molecule has 2 aliphatic heterocycles. The Morgan fingerprint density at radius 3 is 2.54 bits per heavy atom. The molecule has 6 heteroatoms. The van der Waals surface area contributed by atoms with Crippen molar-refractivity contribution < 1.29 is 9.59 Å². The van der Waals surface area contributed by atoms with Gasteiger partial charge in [0.15, 0.2) is 0 Å². The number of aromatic nitrogens is 2. The van der Waals surface area contributed by atoms with Gasteiger partial charge in [0.25, 0.3) is 5.91 Å². The standard InChI is InChI=1S/C22H26N4O2/c1-16-6-3-8-18(23-16)14-25-13-11-22(21(25)28)10-5-12-26(15-22)20(27)19-9-4-7-17(2)24-19/h3-4,6-9H,5,10-15H2,1-2H3/t22-/m1/s1. The Bertz CT molecular complexity index is 913. The molecule has 6 nitrogen and oxygen atoms in total. The third-order valence-electron chi connectivity index (χ3n) is 5.87. The van der Waals surface area contributed by atoms with Crippen LogP contribution in [0.2, 0.25) is 0 Å². The van der Waals surface area contributed by atoms with Crippen LogP contribution >= 0.6 is 0 Å².